The lowest BCUT2D eigenvalue weighted by molar-refractivity contribution is -0.120. The van der Waals surface area contributed by atoms with Gasteiger partial charge in [0.2, 0.25) is 17.6 Å². The van der Waals surface area contributed by atoms with Gasteiger partial charge < -0.3 is 15.4 Å². The number of hydrogen-bond donors (Lipinski definition) is 2. The van der Waals surface area contributed by atoms with Crippen LogP contribution in [-0.4, -0.2) is 39.1 Å². The second kappa shape index (κ2) is 10.0. The Balaban J connectivity index is 1.44. The highest BCUT2D eigenvalue weighted by molar-refractivity contribution is 5.96. The Bertz CT molecular complexity index is 1090. The van der Waals surface area contributed by atoms with E-state index in [2.05, 4.69) is 26.0 Å². The van der Waals surface area contributed by atoms with E-state index in [1.807, 2.05) is 36.4 Å². The predicted octanol–water partition coefficient (Wildman–Crippen LogP) is 3.51. The van der Waals surface area contributed by atoms with Gasteiger partial charge in [0.1, 0.15) is 12.3 Å². The van der Waals surface area contributed by atoms with Gasteiger partial charge in [0, 0.05) is 11.5 Å². The zero-order chi connectivity index (χ0) is 22.3. The Morgan fingerprint density at radius 1 is 1.00 bits per heavy atom. The van der Waals surface area contributed by atoms with Crippen LogP contribution >= 0.6 is 0 Å². The van der Waals surface area contributed by atoms with Gasteiger partial charge in [0.15, 0.2) is 0 Å². The van der Waals surface area contributed by atoms with Gasteiger partial charge in [-0.15, -0.1) is 10.2 Å². The van der Waals surface area contributed by atoms with Crippen molar-refractivity contribution in [1.29, 1.82) is 0 Å². The minimum absolute atomic E-state index is 0.0285. The number of anilines is 2. The van der Waals surface area contributed by atoms with Crippen LogP contribution in [0.25, 0.3) is 11.4 Å². The first-order valence-electron chi connectivity index (χ1n) is 10.7. The summed E-state index contributed by atoms with van der Waals surface area (Å²) in [5, 5.41) is 18.2. The van der Waals surface area contributed by atoms with Crippen molar-refractivity contribution in [2.45, 2.75) is 38.6 Å². The van der Waals surface area contributed by atoms with Crippen molar-refractivity contribution in [3.05, 3.63) is 48.5 Å². The highest BCUT2D eigenvalue weighted by Crippen LogP contribution is 2.28. The van der Waals surface area contributed by atoms with Crippen LogP contribution < -0.4 is 15.4 Å². The Morgan fingerprint density at radius 3 is 2.50 bits per heavy atom. The van der Waals surface area contributed by atoms with E-state index in [0.717, 1.165) is 25.7 Å². The van der Waals surface area contributed by atoms with E-state index in [0.29, 0.717) is 28.5 Å². The number of methoxy groups -OCH3 is 1. The molecule has 2 aromatic carbocycles. The Hall–Kier alpha value is -3.75. The summed E-state index contributed by atoms with van der Waals surface area (Å²) in [6.45, 7) is -0.109. The summed E-state index contributed by atoms with van der Waals surface area (Å²) < 4.78 is 5.25. The zero-order valence-electron chi connectivity index (χ0n) is 18.0. The van der Waals surface area contributed by atoms with Crippen molar-refractivity contribution >= 4 is 23.2 Å². The first-order valence-corrected chi connectivity index (χ1v) is 10.7. The molecule has 2 N–H and O–H groups in total. The fourth-order valence-electron chi connectivity index (χ4n) is 3.87. The van der Waals surface area contributed by atoms with Gasteiger partial charge in [-0.3, -0.25) is 9.59 Å². The van der Waals surface area contributed by atoms with Gasteiger partial charge in [-0.05, 0) is 42.3 Å². The van der Waals surface area contributed by atoms with E-state index in [9.17, 15) is 9.59 Å². The number of rotatable bonds is 7. The second-order valence-electron chi connectivity index (χ2n) is 7.76. The summed E-state index contributed by atoms with van der Waals surface area (Å²) in [6, 6.07) is 14.5. The van der Waals surface area contributed by atoms with Crippen molar-refractivity contribution in [2.24, 2.45) is 5.92 Å². The van der Waals surface area contributed by atoms with E-state index >= 15 is 0 Å². The van der Waals surface area contributed by atoms with Gasteiger partial charge in [-0.1, -0.05) is 43.5 Å². The predicted molar refractivity (Wildman–Crippen MR) is 120 cm³/mol. The molecule has 1 saturated carbocycles. The third kappa shape index (κ3) is 5.11. The molecule has 1 aliphatic rings. The second-order valence-corrected chi connectivity index (χ2v) is 7.76. The molecule has 0 unspecified atom stereocenters. The van der Waals surface area contributed by atoms with E-state index in [4.69, 9.17) is 4.74 Å². The van der Waals surface area contributed by atoms with Crippen molar-refractivity contribution in [3.8, 4) is 17.1 Å². The highest BCUT2D eigenvalue weighted by Gasteiger charge is 2.22. The summed E-state index contributed by atoms with van der Waals surface area (Å²) >= 11 is 0. The minimum Gasteiger partial charge on any atom is -0.495 e. The monoisotopic (exact) mass is 434 g/mol. The van der Waals surface area contributed by atoms with Gasteiger partial charge in [-0.25, -0.2) is 0 Å². The molecule has 3 aromatic rings. The van der Waals surface area contributed by atoms with E-state index in [1.54, 1.807) is 19.2 Å². The highest BCUT2D eigenvalue weighted by atomic mass is 16.5. The smallest absolute Gasteiger partial charge is 0.248 e. The Kier molecular flexibility index (Phi) is 6.74. The number of nitrogens with one attached hydrogen (secondary N) is 2. The van der Waals surface area contributed by atoms with Crippen LogP contribution in [0.15, 0.2) is 48.5 Å². The lowest BCUT2D eigenvalue weighted by atomic mass is 9.88. The maximum absolute atomic E-state index is 12.7. The number of hydrogen-bond acceptors (Lipinski definition) is 6. The lowest BCUT2D eigenvalue weighted by Crippen LogP contribution is -2.25. The molecule has 1 aromatic heterocycles. The fraction of sp³-hybridized carbons (Fsp3) is 0.348. The van der Waals surface area contributed by atoms with Crippen LogP contribution in [0.2, 0.25) is 0 Å². The van der Waals surface area contributed by atoms with Crippen molar-refractivity contribution in [1.82, 2.24) is 20.2 Å². The molecule has 0 saturated heterocycles. The number of nitrogens with zero attached hydrogens (tertiary/aromatic N) is 4. The first-order chi connectivity index (χ1) is 15.6. The molecule has 0 radical (unpaired) electrons. The molecule has 0 atom stereocenters. The number of tetrazole rings is 1. The molecule has 0 spiro atoms. The number of carbonyl (C=O) groups is 2. The van der Waals surface area contributed by atoms with Gasteiger partial charge >= 0.3 is 0 Å². The van der Waals surface area contributed by atoms with Crippen LogP contribution in [0.1, 0.15) is 32.1 Å². The number of carbonyl (C=O) groups excluding carboxylic acids is 2. The van der Waals surface area contributed by atoms with E-state index in [-0.39, 0.29) is 24.3 Å². The first kappa shape index (κ1) is 21.5. The van der Waals surface area contributed by atoms with Crippen molar-refractivity contribution in [3.63, 3.8) is 0 Å². The zero-order valence-corrected chi connectivity index (χ0v) is 18.0. The summed E-state index contributed by atoms with van der Waals surface area (Å²) in [5.41, 5.74) is 1.87. The van der Waals surface area contributed by atoms with Crippen LogP contribution in [0.3, 0.4) is 0 Å². The standard InChI is InChI=1S/C23H26N6O3/c1-32-20-14-8-7-13-19(20)24-21(30)15-29-27-22(26-28-29)17-11-5-6-12-18(17)25-23(31)16-9-3-2-4-10-16/h5-8,11-14,16H,2-4,9-10,15H2,1H3,(H,24,30)(H,25,31). The molecular weight excluding hydrogens is 408 g/mol. The van der Waals surface area contributed by atoms with Gasteiger partial charge in [0.05, 0.1) is 18.5 Å². The average Bonchev–Trinajstić information content (AvgIpc) is 3.28. The Labute approximate surface area is 186 Å². The third-order valence-corrected chi connectivity index (χ3v) is 5.52. The number of benzene rings is 2. The average molecular weight is 435 g/mol. The van der Waals surface area contributed by atoms with Crippen LogP contribution in [-0.2, 0) is 16.1 Å². The molecule has 0 aliphatic heterocycles. The number of amides is 2. The normalized spacial score (nSPS) is 14.0. The van der Waals surface area contributed by atoms with E-state index in [1.165, 1.54) is 11.2 Å². The molecule has 0 bridgehead atoms. The lowest BCUT2D eigenvalue weighted by Gasteiger charge is -2.21. The molecule has 4 rings (SSSR count). The molecule has 1 aliphatic carbocycles. The van der Waals surface area contributed by atoms with Gasteiger partial charge in [0.25, 0.3) is 0 Å². The molecule has 9 heteroatoms. The maximum atomic E-state index is 12.7. The summed E-state index contributed by atoms with van der Waals surface area (Å²) in [5.74, 6) is 0.669. The van der Waals surface area contributed by atoms with Crippen molar-refractivity contribution in [2.75, 3.05) is 17.7 Å². The quantitative estimate of drug-likeness (QED) is 0.589. The van der Waals surface area contributed by atoms with Crippen LogP contribution in [0.4, 0.5) is 11.4 Å². The molecule has 166 valence electrons. The molecule has 9 nitrogen and oxygen atoms in total. The van der Waals surface area contributed by atoms with Crippen molar-refractivity contribution < 1.29 is 14.3 Å². The SMILES string of the molecule is COc1ccccc1NC(=O)Cn1nnc(-c2ccccc2NC(=O)C2CCCCC2)n1. The fourth-order valence-corrected chi connectivity index (χ4v) is 3.87. The number of ether oxygens (including phenoxy) is 1. The van der Waals surface area contributed by atoms with Gasteiger partial charge in [-0.2, -0.15) is 4.80 Å². The van der Waals surface area contributed by atoms with Crippen LogP contribution in [0, 0.1) is 5.92 Å². The van der Waals surface area contributed by atoms with Crippen LogP contribution in [0.5, 0.6) is 5.75 Å². The molecule has 1 heterocycles. The summed E-state index contributed by atoms with van der Waals surface area (Å²) in [7, 11) is 1.54. The molecular formula is C23H26N6O3. The molecule has 2 amide bonds. The largest absolute Gasteiger partial charge is 0.495 e. The number of aromatic nitrogens is 4. The maximum Gasteiger partial charge on any atom is 0.248 e. The number of para-hydroxylation sites is 3. The van der Waals surface area contributed by atoms with E-state index < -0.39 is 0 Å². The topological polar surface area (TPSA) is 111 Å². The molecule has 32 heavy (non-hydrogen) atoms. The Morgan fingerprint density at radius 2 is 1.72 bits per heavy atom. The minimum atomic E-state index is -0.308. The summed E-state index contributed by atoms with van der Waals surface area (Å²) in [4.78, 5) is 26.3. The molecule has 1 fully saturated rings. The third-order valence-electron chi connectivity index (χ3n) is 5.52. The summed E-state index contributed by atoms with van der Waals surface area (Å²) in [6.07, 6.45) is 5.21.